The molecule has 4 fully saturated rings. The van der Waals surface area contributed by atoms with Crippen LogP contribution in [0.1, 0.15) is 89.7 Å². The van der Waals surface area contributed by atoms with E-state index < -0.39 is 17.6 Å². The number of carbonyl (C=O) groups is 3. The Morgan fingerprint density at radius 1 is 1.00 bits per heavy atom. The van der Waals surface area contributed by atoms with E-state index in [2.05, 4.69) is 10.2 Å². The van der Waals surface area contributed by atoms with Crippen molar-refractivity contribution in [2.75, 3.05) is 26.2 Å². The Kier molecular flexibility index (Phi) is 7.22. The first-order valence-corrected chi connectivity index (χ1v) is 15.3. The molecule has 1 atom stereocenters. The standard InChI is InChI=1S/C31H42FN5O5/c1-30(2,3)42-29(41)36-13-9-31(10-14-36)17-20(18-31)35-11-7-19(8-12-35)21-15-24-25(16-22(21)32)37(28(40)34(24)4)23-5-6-26(38)33-27(23)39/h15-16,19-20,23H,5-14,17-18H2,1-4H3,(H,33,38,39). The Morgan fingerprint density at radius 2 is 1.67 bits per heavy atom. The average molecular weight is 584 g/mol. The molecule has 3 saturated heterocycles. The summed E-state index contributed by atoms with van der Waals surface area (Å²) in [5.41, 5.74) is 1.05. The van der Waals surface area contributed by atoms with Gasteiger partial charge < -0.3 is 14.5 Å². The number of amides is 3. The van der Waals surface area contributed by atoms with Crippen LogP contribution >= 0.6 is 0 Å². The highest BCUT2D eigenvalue weighted by Crippen LogP contribution is 2.52. The van der Waals surface area contributed by atoms with Crippen LogP contribution in [0.4, 0.5) is 9.18 Å². The van der Waals surface area contributed by atoms with Crippen molar-refractivity contribution in [1.29, 1.82) is 0 Å². The second kappa shape index (κ2) is 10.5. The van der Waals surface area contributed by atoms with Crippen LogP contribution in [0, 0.1) is 11.2 Å². The minimum Gasteiger partial charge on any atom is -0.444 e. The zero-order valence-electron chi connectivity index (χ0n) is 25.1. The van der Waals surface area contributed by atoms with E-state index in [-0.39, 0.29) is 42.3 Å². The summed E-state index contributed by atoms with van der Waals surface area (Å²) in [6.45, 7) is 8.99. The lowest BCUT2D eigenvalue weighted by Crippen LogP contribution is -2.57. The van der Waals surface area contributed by atoms with Crippen LogP contribution in [0.5, 0.6) is 0 Å². The summed E-state index contributed by atoms with van der Waals surface area (Å²) in [5, 5.41) is 2.30. The van der Waals surface area contributed by atoms with Crippen molar-refractivity contribution in [2.24, 2.45) is 12.5 Å². The molecule has 0 radical (unpaired) electrons. The second-order valence-electron chi connectivity index (χ2n) is 13.9. The lowest BCUT2D eigenvalue weighted by Gasteiger charge is -2.56. The van der Waals surface area contributed by atoms with Crippen molar-refractivity contribution in [3.8, 4) is 0 Å². The molecular formula is C31H42FN5O5. The maximum Gasteiger partial charge on any atom is 0.410 e. The quantitative estimate of drug-likeness (QED) is 0.551. The van der Waals surface area contributed by atoms with Crippen molar-refractivity contribution in [2.45, 2.75) is 95.7 Å². The number of fused-ring (bicyclic) bond motifs is 1. The highest BCUT2D eigenvalue weighted by Gasteiger charge is 2.49. The van der Waals surface area contributed by atoms with E-state index in [1.54, 1.807) is 13.1 Å². The third kappa shape index (κ3) is 5.24. The number of hydrogen-bond donors (Lipinski definition) is 1. The highest BCUT2D eigenvalue weighted by molar-refractivity contribution is 6.00. The number of aromatic nitrogens is 2. The second-order valence-corrected chi connectivity index (χ2v) is 13.9. The van der Waals surface area contributed by atoms with Crippen LogP contribution in [-0.4, -0.2) is 74.7 Å². The van der Waals surface area contributed by atoms with Crippen LogP contribution in [0.2, 0.25) is 0 Å². The van der Waals surface area contributed by atoms with Gasteiger partial charge in [0.1, 0.15) is 17.5 Å². The molecule has 4 aliphatic rings. The zero-order valence-corrected chi connectivity index (χ0v) is 25.1. The Bertz CT molecular complexity index is 1470. The number of nitrogens with zero attached hydrogens (tertiary/aromatic N) is 4. The first-order valence-electron chi connectivity index (χ1n) is 15.3. The lowest BCUT2D eigenvalue weighted by molar-refractivity contribution is -0.135. The van der Waals surface area contributed by atoms with Crippen molar-refractivity contribution < 1.29 is 23.5 Å². The molecule has 3 aliphatic heterocycles. The Balaban J connectivity index is 1.07. The minimum atomic E-state index is -0.831. The van der Waals surface area contributed by atoms with Crippen LogP contribution in [-0.2, 0) is 21.4 Å². The molecule has 228 valence electrons. The van der Waals surface area contributed by atoms with Gasteiger partial charge in [0, 0.05) is 38.7 Å². The van der Waals surface area contributed by atoms with Crippen LogP contribution < -0.4 is 11.0 Å². The summed E-state index contributed by atoms with van der Waals surface area (Å²) in [6.07, 6.45) is 6.17. The number of halogens is 1. The van der Waals surface area contributed by atoms with E-state index in [0.29, 0.717) is 28.1 Å². The number of imide groups is 1. The molecular weight excluding hydrogens is 541 g/mol. The summed E-state index contributed by atoms with van der Waals surface area (Å²) >= 11 is 0. The van der Waals surface area contributed by atoms with Gasteiger partial charge in [0.15, 0.2) is 0 Å². The fourth-order valence-electron chi connectivity index (χ4n) is 7.61. The van der Waals surface area contributed by atoms with E-state index >= 15 is 4.39 Å². The van der Waals surface area contributed by atoms with Gasteiger partial charge in [0.05, 0.1) is 11.0 Å². The molecule has 1 N–H and O–H groups in total. The predicted octanol–water partition coefficient (Wildman–Crippen LogP) is 3.82. The van der Waals surface area contributed by atoms with Gasteiger partial charge in [-0.2, -0.15) is 0 Å². The summed E-state index contributed by atoms with van der Waals surface area (Å²) in [6, 6.07) is 2.88. The van der Waals surface area contributed by atoms with Gasteiger partial charge in [-0.05, 0) is 102 Å². The molecule has 1 aromatic heterocycles. The number of likely N-dealkylation sites (tertiary alicyclic amines) is 2. The number of imidazole rings is 1. The van der Waals surface area contributed by atoms with Gasteiger partial charge in [-0.1, -0.05) is 0 Å². The number of rotatable bonds is 3. The summed E-state index contributed by atoms with van der Waals surface area (Å²) in [5.74, 6) is -1.17. The normalized spacial score (nSPS) is 24.2. The minimum absolute atomic E-state index is 0.0609. The van der Waals surface area contributed by atoms with Gasteiger partial charge in [-0.25, -0.2) is 14.0 Å². The third-order valence-corrected chi connectivity index (χ3v) is 10.0. The van der Waals surface area contributed by atoms with Gasteiger partial charge >= 0.3 is 11.8 Å². The number of benzene rings is 1. The molecule has 6 rings (SSSR count). The average Bonchev–Trinajstić information content (AvgIpc) is 3.15. The van der Waals surface area contributed by atoms with Crippen molar-refractivity contribution in [3.63, 3.8) is 0 Å². The topological polar surface area (TPSA) is 106 Å². The van der Waals surface area contributed by atoms with Crippen LogP contribution in [0.25, 0.3) is 11.0 Å². The molecule has 1 spiro atoms. The summed E-state index contributed by atoms with van der Waals surface area (Å²) in [7, 11) is 1.64. The molecule has 4 heterocycles. The fourth-order valence-corrected chi connectivity index (χ4v) is 7.61. The van der Waals surface area contributed by atoms with Crippen molar-refractivity contribution >= 4 is 28.9 Å². The smallest absolute Gasteiger partial charge is 0.410 e. The molecule has 1 aliphatic carbocycles. The first kappa shape index (κ1) is 28.9. The first-order chi connectivity index (χ1) is 19.8. The molecule has 1 saturated carbocycles. The summed E-state index contributed by atoms with van der Waals surface area (Å²) < 4.78 is 23.9. The number of nitrogens with one attached hydrogen (secondary N) is 1. The van der Waals surface area contributed by atoms with E-state index in [4.69, 9.17) is 4.74 Å². The Labute approximate surface area is 245 Å². The Morgan fingerprint density at radius 3 is 2.29 bits per heavy atom. The van der Waals surface area contributed by atoms with Gasteiger partial charge in [-0.15, -0.1) is 0 Å². The summed E-state index contributed by atoms with van der Waals surface area (Å²) in [4.78, 5) is 54.0. The predicted molar refractivity (Wildman–Crippen MR) is 155 cm³/mol. The van der Waals surface area contributed by atoms with Gasteiger partial charge in [0.2, 0.25) is 11.8 Å². The monoisotopic (exact) mass is 583 g/mol. The molecule has 42 heavy (non-hydrogen) atoms. The number of aryl methyl sites for hydroxylation is 1. The van der Waals surface area contributed by atoms with Crippen molar-refractivity contribution in [1.82, 2.24) is 24.3 Å². The maximum absolute atomic E-state index is 15.6. The number of piperidine rings is 3. The van der Waals surface area contributed by atoms with Crippen molar-refractivity contribution in [3.05, 3.63) is 34.0 Å². The third-order valence-electron chi connectivity index (χ3n) is 10.0. The lowest BCUT2D eigenvalue weighted by atomic mass is 9.59. The Hall–Kier alpha value is -3.21. The van der Waals surface area contributed by atoms with E-state index in [0.717, 1.165) is 64.7 Å². The SMILES string of the molecule is Cn1c(=O)n(C2CCC(=O)NC2=O)c2cc(F)c(C3CCN(C4CC5(CCN(C(=O)OC(C)(C)C)CC5)C4)CC3)cc21. The molecule has 3 amide bonds. The van der Waals surface area contributed by atoms with Gasteiger partial charge in [-0.3, -0.25) is 24.0 Å². The molecule has 1 aromatic carbocycles. The fraction of sp³-hybridized carbons (Fsp3) is 0.677. The van der Waals surface area contributed by atoms with E-state index in [1.165, 1.54) is 15.2 Å². The molecule has 2 aromatic rings. The van der Waals surface area contributed by atoms with E-state index in [9.17, 15) is 19.2 Å². The zero-order chi connectivity index (χ0) is 30.0. The van der Waals surface area contributed by atoms with E-state index in [1.807, 2.05) is 25.7 Å². The largest absolute Gasteiger partial charge is 0.444 e. The molecule has 0 bridgehead atoms. The van der Waals surface area contributed by atoms with Gasteiger partial charge in [0.25, 0.3) is 0 Å². The number of carbonyl (C=O) groups excluding carboxylic acids is 3. The maximum atomic E-state index is 15.6. The molecule has 10 nitrogen and oxygen atoms in total. The number of ether oxygens (including phenoxy) is 1. The molecule has 1 unspecified atom stereocenters. The number of hydrogen-bond acceptors (Lipinski definition) is 6. The van der Waals surface area contributed by atoms with Crippen LogP contribution in [0.15, 0.2) is 16.9 Å². The van der Waals surface area contributed by atoms with Crippen LogP contribution in [0.3, 0.4) is 0 Å². The molecule has 11 heteroatoms. The highest BCUT2D eigenvalue weighted by atomic mass is 19.1.